The molecule has 3 atom stereocenters. The van der Waals surface area contributed by atoms with Gasteiger partial charge in [-0.3, -0.25) is 24.2 Å². The molecule has 4 heterocycles. The van der Waals surface area contributed by atoms with Gasteiger partial charge < -0.3 is 19.5 Å². The van der Waals surface area contributed by atoms with E-state index in [4.69, 9.17) is 4.42 Å². The molecule has 3 fully saturated rings. The fraction of sp³-hybridized carbons (Fsp3) is 0.393. The van der Waals surface area contributed by atoms with Gasteiger partial charge in [0.1, 0.15) is 23.4 Å². The van der Waals surface area contributed by atoms with Crippen LogP contribution in [-0.2, 0) is 9.59 Å². The summed E-state index contributed by atoms with van der Waals surface area (Å²) in [6.07, 6.45) is 4.60. The van der Waals surface area contributed by atoms with Gasteiger partial charge in [-0.15, -0.1) is 0 Å². The summed E-state index contributed by atoms with van der Waals surface area (Å²) < 4.78 is 5.82. The molecule has 1 aliphatic carbocycles. The number of furan rings is 1. The van der Waals surface area contributed by atoms with Gasteiger partial charge >= 0.3 is 0 Å². The first-order valence-corrected chi connectivity index (χ1v) is 12.8. The summed E-state index contributed by atoms with van der Waals surface area (Å²) in [5, 5.41) is 3.77. The lowest BCUT2D eigenvalue weighted by molar-refractivity contribution is -0.138. The first-order valence-electron chi connectivity index (χ1n) is 12.8. The van der Waals surface area contributed by atoms with Gasteiger partial charge in [-0.25, -0.2) is 0 Å². The van der Waals surface area contributed by atoms with Crippen molar-refractivity contribution < 1.29 is 23.6 Å². The molecule has 37 heavy (non-hydrogen) atoms. The topological polar surface area (TPSA) is 113 Å². The van der Waals surface area contributed by atoms with Gasteiger partial charge in [-0.1, -0.05) is 37.1 Å². The lowest BCUT2D eigenvalue weighted by Gasteiger charge is -2.28. The summed E-state index contributed by atoms with van der Waals surface area (Å²) in [7, 11) is 0. The van der Waals surface area contributed by atoms with Gasteiger partial charge in [0.2, 0.25) is 5.91 Å². The largest absolute Gasteiger partial charge is 0.451 e. The predicted octanol–water partition coefficient (Wildman–Crippen LogP) is 2.73. The van der Waals surface area contributed by atoms with E-state index in [0.29, 0.717) is 30.9 Å². The Morgan fingerprint density at radius 3 is 2.59 bits per heavy atom. The van der Waals surface area contributed by atoms with Gasteiger partial charge in [0, 0.05) is 23.7 Å². The number of carbonyl (C=O) groups excluding carboxylic acids is 4. The number of aryl methyl sites for hydroxylation is 1. The van der Waals surface area contributed by atoms with Crippen LogP contribution in [0.25, 0.3) is 11.0 Å². The molecule has 0 radical (unpaired) electrons. The molecule has 190 valence electrons. The highest BCUT2D eigenvalue weighted by molar-refractivity contribution is 6.03. The maximum Gasteiger partial charge on any atom is 0.287 e. The summed E-state index contributed by atoms with van der Waals surface area (Å²) >= 11 is 0. The third-order valence-electron chi connectivity index (χ3n) is 7.77. The normalized spacial score (nSPS) is 21.8. The molecule has 1 saturated carbocycles. The number of Topliss-reactive ketones (excluding diaryl/α,β-unsaturated/α-hetero) is 1. The predicted molar refractivity (Wildman–Crippen MR) is 134 cm³/mol. The van der Waals surface area contributed by atoms with Gasteiger partial charge in [0.15, 0.2) is 11.5 Å². The maximum absolute atomic E-state index is 13.8. The molecule has 2 aromatic heterocycles. The lowest BCUT2D eigenvalue weighted by atomic mass is 10.1. The minimum atomic E-state index is -0.764. The number of fused-ring (bicyclic) bond motifs is 2. The molecule has 9 heteroatoms. The second-order valence-corrected chi connectivity index (χ2v) is 10.2. The van der Waals surface area contributed by atoms with E-state index in [9.17, 15) is 19.2 Å². The second-order valence-electron chi connectivity index (χ2n) is 10.2. The number of amides is 3. The van der Waals surface area contributed by atoms with Crippen molar-refractivity contribution in [3.05, 3.63) is 65.7 Å². The zero-order valence-electron chi connectivity index (χ0n) is 20.6. The number of nitrogens with zero attached hydrogens (tertiary/aromatic N) is 3. The highest BCUT2D eigenvalue weighted by Gasteiger charge is 2.52. The Bertz CT molecular complexity index is 1400. The van der Waals surface area contributed by atoms with Crippen LogP contribution in [0.4, 0.5) is 0 Å². The Morgan fingerprint density at radius 1 is 1.08 bits per heavy atom. The van der Waals surface area contributed by atoms with Crippen molar-refractivity contribution in [1.82, 2.24) is 20.1 Å². The van der Waals surface area contributed by atoms with Crippen LogP contribution in [-0.4, -0.2) is 69.5 Å². The number of likely N-dealkylation sites (tertiary alicyclic amines) is 2. The highest BCUT2D eigenvalue weighted by Crippen LogP contribution is 2.36. The summed E-state index contributed by atoms with van der Waals surface area (Å²) in [6.45, 7) is 2.13. The van der Waals surface area contributed by atoms with E-state index in [2.05, 4.69) is 10.3 Å². The molecule has 9 nitrogen and oxygen atoms in total. The van der Waals surface area contributed by atoms with E-state index in [1.165, 1.54) is 4.90 Å². The van der Waals surface area contributed by atoms with Gasteiger partial charge in [0.25, 0.3) is 11.8 Å². The monoisotopic (exact) mass is 500 g/mol. The Labute approximate surface area is 213 Å². The van der Waals surface area contributed by atoms with Crippen LogP contribution >= 0.6 is 0 Å². The van der Waals surface area contributed by atoms with Crippen LogP contribution in [0, 0.1) is 12.8 Å². The minimum absolute atomic E-state index is 0.0493. The molecule has 2 saturated heterocycles. The summed E-state index contributed by atoms with van der Waals surface area (Å²) in [6, 6.07) is 10.7. The summed E-state index contributed by atoms with van der Waals surface area (Å²) in [4.78, 5) is 60.4. The van der Waals surface area contributed by atoms with Crippen molar-refractivity contribution >= 4 is 34.5 Å². The molecule has 6 rings (SSSR count). The number of para-hydroxylation sites is 1. The molecular formula is C28H28N4O5. The van der Waals surface area contributed by atoms with Crippen molar-refractivity contribution in [2.45, 2.75) is 50.7 Å². The average molecular weight is 501 g/mol. The van der Waals surface area contributed by atoms with E-state index in [0.717, 1.165) is 23.8 Å². The van der Waals surface area contributed by atoms with E-state index in [1.54, 1.807) is 35.4 Å². The molecule has 0 spiro atoms. The number of nitrogens with one attached hydrogen (secondary N) is 1. The summed E-state index contributed by atoms with van der Waals surface area (Å²) in [5.74, 6) is -0.622. The van der Waals surface area contributed by atoms with Crippen LogP contribution in [0.5, 0.6) is 0 Å². The Balaban J connectivity index is 1.21. The van der Waals surface area contributed by atoms with Crippen LogP contribution in [0.1, 0.15) is 52.3 Å². The number of benzene rings is 1. The quantitative estimate of drug-likeness (QED) is 0.557. The van der Waals surface area contributed by atoms with E-state index in [1.807, 2.05) is 25.1 Å². The second kappa shape index (κ2) is 9.14. The fourth-order valence-corrected chi connectivity index (χ4v) is 5.70. The Hall–Kier alpha value is -4.01. The number of rotatable bonds is 6. The highest BCUT2D eigenvalue weighted by atomic mass is 16.3. The molecule has 3 aliphatic rings. The standard InChI is InChI=1S/C28H28N4O5/c1-16-18-6-2-3-8-23(18)37-25(16)26(34)30-20(14-17-9-10-17)28(36)31-13-11-21-24(31)22(33)15-32(21)27(35)19-7-4-5-12-29-19/h2-8,12,17,20-21,24H,9-11,13-15H2,1H3,(H,30,34). The van der Waals surface area contributed by atoms with E-state index < -0.39 is 18.0 Å². The van der Waals surface area contributed by atoms with E-state index in [-0.39, 0.29) is 41.6 Å². The fourth-order valence-electron chi connectivity index (χ4n) is 5.70. The number of carbonyl (C=O) groups is 4. The van der Waals surface area contributed by atoms with Gasteiger partial charge in [-0.2, -0.15) is 0 Å². The Kier molecular flexibility index (Phi) is 5.78. The number of pyridine rings is 1. The molecule has 3 amide bonds. The van der Waals surface area contributed by atoms with Crippen molar-refractivity contribution in [2.24, 2.45) is 5.92 Å². The molecular weight excluding hydrogens is 472 g/mol. The number of ketones is 1. The maximum atomic E-state index is 13.8. The average Bonchev–Trinajstić information content (AvgIpc) is 3.38. The zero-order valence-corrected chi connectivity index (χ0v) is 20.6. The number of hydrogen-bond acceptors (Lipinski definition) is 6. The van der Waals surface area contributed by atoms with Gasteiger partial charge in [-0.05, 0) is 43.9 Å². The number of hydrogen-bond donors (Lipinski definition) is 1. The third-order valence-corrected chi connectivity index (χ3v) is 7.77. The van der Waals surface area contributed by atoms with Crippen LogP contribution in [0.15, 0.2) is 53.1 Å². The summed E-state index contributed by atoms with van der Waals surface area (Å²) in [5.41, 5.74) is 1.62. The molecule has 1 N–H and O–H groups in total. The molecule has 1 aromatic carbocycles. The molecule has 3 aromatic rings. The zero-order chi connectivity index (χ0) is 25.7. The first-order chi connectivity index (χ1) is 17.9. The Morgan fingerprint density at radius 2 is 1.86 bits per heavy atom. The van der Waals surface area contributed by atoms with E-state index >= 15 is 0 Å². The van der Waals surface area contributed by atoms with Crippen molar-refractivity contribution in [2.75, 3.05) is 13.1 Å². The smallest absolute Gasteiger partial charge is 0.287 e. The third kappa shape index (κ3) is 4.18. The van der Waals surface area contributed by atoms with Crippen molar-refractivity contribution in [3.8, 4) is 0 Å². The molecule has 0 bridgehead atoms. The van der Waals surface area contributed by atoms with Crippen molar-refractivity contribution in [1.29, 1.82) is 0 Å². The van der Waals surface area contributed by atoms with Crippen LogP contribution in [0.3, 0.4) is 0 Å². The minimum Gasteiger partial charge on any atom is -0.451 e. The van der Waals surface area contributed by atoms with Crippen LogP contribution < -0.4 is 5.32 Å². The van der Waals surface area contributed by atoms with Crippen molar-refractivity contribution in [3.63, 3.8) is 0 Å². The molecule has 2 aliphatic heterocycles. The van der Waals surface area contributed by atoms with Gasteiger partial charge in [0.05, 0.1) is 12.6 Å². The first kappa shape index (κ1) is 23.4. The molecule has 3 unspecified atom stereocenters. The number of aromatic nitrogens is 1. The lowest BCUT2D eigenvalue weighted by Crippen LogP contribution is -2.52. The van der Waals surface area contributed by atoms with Crippen LogP contribution in [0.2, 0.25) is 0 Å². The SMILES string of the molecule is Cc1c(C(=O)NC(CC2CC2)C(=O)N2CCC3C2C(=O)CN3C(=O)c2ccccn2)oc2ccccc12.